The minimum atomic E-state index is -0.359. The number of benzene rings is 1. The van der Waals surface area contributed by atoms with Crippen molar-refractivity contribution in [2.45, 2.75) is 11.4 Å². The molecule has 1 rings (SSSR count). The Hall–Kier alpha value is -0.301. The van der Waals surface area contributed by atoms with Crippen molar-refractivity contribution < 1.29 is 5.11 Å². The van der Waals surface area contributed by atoms with E-state index in [0.717, 1.165) is 5.56 Å². The molecule has 1 radical (unpaired) electrons. The Morgan fingerprint density at radius 2 is 1.90 bits per heavy atom. The zero-order valence-corrected chi connectivity index (χ0v) is 7.24. The fourth-order valence-corrected chi connectivity index (χ4v) is 1.22. The Balaban J connectivity index is 2.59. The molecule has 2 heteroatoms. The molecule has 1 N–H and O–H groups in total. The van der Waals surface area contributed by atoms with Crippen molar-refractivity contribution in [3.8, 4) is 0 Å². The third-order valence-electron chi connectivity index (χ3n) is 1.25. The molecule has 0 amide bonds. The fraction of sp³-hybridized carbons (Fsp3) is 0.250. The van der Waals surface area contributed by atoms with Crippen LogP contribution in [-0.2, 0) is 6.42 Å². The molecule has 0 spiro atoms. The second kappa shape index (κ2) is 3.77. The average molecular weight is 200 g/mol. The first-order chi connectivity index (χ1) is 4.79. The van der Waals surface area contributed by atoms with Gasteiger partial charge >= 0.3 is 68.4 Å². The molecule has 0 aliphatic carbocycles. The van der Waals surface area contributed by atoms with E-state index in [0.29, 0.717) is 6.42 Å². The molecule has 1 unspecified atom stereocenters. The molecule has 0 saturated heterocycles. The topological polar surface area (TPSA) is 20.2 Å². The Morgan fingerprint density at radius 1 is 1.30 bits per heavy atom. The van der Waals surface area contributed by atoms with E-state index in [4.69, 9.17) is 5.11 Å². The van der Waals surface area contributed by atoms with Gasteiger partial charge in [0, 0.05) is 0 Å². The van der Waals surface area contributed by atoms with Gasteiger partial charge in [-0.1, -0.05) is 0 Å². The SMILES string of the molecule is OC([Se])Cc1ccccc1. The Labute approximate surface area is 68.9 Å². The van der Waals surface area contributed by atoms with Crippen molar-refractivity contribution in [2.24, 2.45) is 0 Å². The van der Waals surface area contributed by atoms with E-state index in [1.807, 2.05) is 30.3 Å². The summed E-state index contributed by atoms with van der Waals surface area (Å²) in [5, 5.41) is 8.59. The monoisotopic (exact) mass is 201 g/mol. The summed E-state index contributed by atoms with van der Waals surface area (Å²) in [6.07, 6.45) is 0.695. The number of rotatable bonds is 2. The van der Waals surface area contributed by atoms with E-state index in [-0.39, 0.29) is 5.00 Å². The predicted molar refractivity (Wildman–Crippen MR) is 41.9 cm³/mol. The summed E-state index contributed by atoms with van der Waals surface area (Å²) in [6, 6.07) is 9.91. The summed E-state index contributed by atoms with van der Waals surface area (Å²) in [7, 11) is 0. The summed E-state index contributed by atoms with van der Waals surface area (Å²) in [5.74, 6) is 0. The maximum atomic E-state index is 8.95. The number of aliphatic hydroxyl groups is 1. The van der Waals surface area contributed by atoms with E-state index in [1.54, 1.807) is 0 Å². The molecule has 0 bridgehead atoms. The number of hydrogen-bond donors (Lipinski definition) is 1. The number of hydrogen-bond acceptors (Lipinski definition) is 1. The van der Waals surface area contributed by atoms with Crippen LogP contribution >= 0.6 is 0 Å². The quantitative estimate of drug-likeness (QED) is 0.697. The average Bonchev–Trinajstić information content (AvgIpc) is 1.88. The molecule has 0 heterocycles. The first-order valence-corrected chi connectivity index (χ1v) is 4.16. The van der Waals surface area contributed by atoms with Gasteiger partial charge in [0.05, 0.1) is 0 Å². The third kappa shape index (κ3) is 2.52. The van der Waals surface area contributed by atoms with Crippen molar-refractivity contribution in [1.82, 2.24) is 0 Å². The normalized spacial score (nSPS) is 13.0. The minimum absolute atomic E-state index is 0.359. The van der Waals surface area contributed by atoms with Crippen LogP contribution in [0.2, 0.25) is 0 Å². The Morgan fingerprint density at radius 3 is 2.40 bits per heavy atom. The first kappa shape index (κ1) is 7.80. The van der Waals surface area contributed by atoms with Crippen LogP contribution in [-0.4, -0.2) is 26.1 Å². The van der Waals surface area contributed by atoms with Gasteiger partial charge in [0.25, 0.3) is 0 Å². The molecule has 1 nitrogen and oxygen atoms in total. The third-order valence-corrected chi connectivity index (χ3v) is 1.60. The zero-order chi connectivity index (χ0) is 7.40. The van der Waals surface area contributed by atoms with Gasteiger partial charge in [0.1, 0.15) is 0 Å². The molecule has 53 valence electrons. The van der Waals surface area contributed by atoms with Crippen molar-refractivity contribution in [3.05, 3.63) is 35.9 Å². The molecule has 0 saturated carbocycles. The van der Waals surface area contributed by atoms with Crippen LogP contribution in [0.1, 0.15) is 5.56 Å². The van der Waals surface area contributed by atoms with Crippen molar-refractivity contribution in [1.29, 1.82) is 0 Å². The fourth-order valence-electron chi connectivity index (χ4n) is 0.816. The molecular weight excluding hydrogens is 191 g/mol. The predicted octanol–water partition coefficient (Wildman–Crippen LogP) is 0.716. The molecule has 0 aliphatic rings. The summed E-state index contributed by atoms with van der Waals surface area (Å²) in [5.41, 5.74) is 1.16. The van der Waals surface area contributed by atoms with E-state index in [1.165, 1.54) is 0 Å². The van der Waals surface area contributed by atoms with Crippen molar-refractivity contribution in [3.63, 3.8) is 0 Å². The zero-order valence-electron chi connectivity index (χ0n) is 5.53. The van der Waals surface area contributed by atoms with Crippen molar-refractivity contribution >= 4 is 16.0 Å². The van der Waals surface area contributed by atoms with E-state index >= 15 is 0 Å². The molecule has 0 fully saturated rings. The molecule has 10 heavy (non-hydrogen) atoms. The van der Waals surface area contributed by atoms with Crippen LogP contribution in [0.15, 0.2) is 30.3 Å². The molecule has 0 aromatic heterocycles. The second-order valence-electron chi connectivity index (χ2n) is 2.14. The van der Waals surface area contributed by atoms with E-state index in [2.05, 4.69) is 16.0 Å². The van der Waals surface area contributed by atoms with E-state index < -0.39 is 0 Å². The molecule has 1 aromatic carbocycles. The summed E-state index contributed by atoms with van der Waals surface area (Å²) >= 11 is 2.64. The first-order valence-electron chi connectivity index (χ1n) is 3.17. The summed E-state index contributed by atoms with van der Waals surface area (Å²) in [6.45, 7) is 0. The Kier molecular flexibility index (Phi) is 2.94. The molecule has 1 atom stereocenters. The second-order valence-corrected chi connectivity index (χ2v) is 3.29. The van der Waals surface area contributed by atoms with Crippen LogP contribution in [0.4, 0.5) is 0 Å². The van der Waals surface area contributed by atoms with Crippen LogP contribution < -0.4 is 0 Å². The van der Waals surface area contributed by atoms with Gasteiger partial charge in [0.2, 0.25) is 0 Å². The number of aliphatic hydroxyl groups excluding tert-OH is 1. The van der Waals surface area contributed by atoms with Gasteiger partial charge in [0.15, 0.2) is 0 Å². The standard InChI is InChI=1S/C8H9OSe/c9-8(10)6-7-4-2-1-3-5-7/h1-5,8-9H,6H2. The molecular formula is C8H9OSe. The van der Waals surface area contributed by atoms with Crippen molar-refractivity contribution in [2.75, 3.05) is 0 Å². The van der Waals surface area contributed by atoms with Gasteiger partial charge in [-0.05, 0) is 0 Å². The van der Waals surface area contributed by atoms with Gasteiger partial charge in [-0.15, -0.1) is 0 Å². The van der Waals surface area contributed by atoms with Crippen LogP contribution in [0, 0.1) is 0 Å². The van der Waals surface area contributed by atoms with Crippen LogP contribution in [0.3, 0.4) is 0 Å². The summed E-state index contributed by atoms with van der Waals surface area (Å²) in [4.78, 5) is 0. The molecule has 1 aromatic rings. The Bertz CT molecular complexity index is 184. The van der Waals surface area contributed by atoms with Gasteiger partial charge < -0.3 is 0 Å². The summed E-state index contributed by atoms with van der Waals surface area (Å²) < 4.78 is 0. The maximum absolute atomic E-state index is 8.95. The van der Waals surface area contributed by atoms with Gasteiger partial charge in [-0.3, -0.25) is 0 Å². The molecule has 0 aliphatic heterocycles. The van der Waals surface area contributed by atoms with Crippen LogP contribution in [0.25, 0.3) is 0 Å². The van der Waals surface area contributed by atoms with Gasteiger partial charge in [-0.25, -0.2) is 0 Å². The van der Waals surface area contributed by atoms with E-state index in [9.17, 15) is 0 Å². The van der Waals surface area contributed by atoms with Crippen LogP contribution in [0.5, 0.6) is 0 Å². The van der Waals surface area contributed by atoms with Gasteiger partial charge in [-0.2, -0.15) is 0 Å².